The van der Waals surface area contributed by atoms with Gasteiger partial charge in [0.05, 0.1) is 10.9 Å². The van der Waals surface area contributed by atoms with Gasteiger partial charge in [0, 0.05) is 25.8 Å². The summed E-state index contributed by atoms with van der Waals surface area (Å²) in [5, 5.41) is 1.03. The van der Waals surface area contributed by atoms with Crippen molar-refractivity contribution >= 4 is 22.9 Å². The molecule has 1 saturated carbocycles. The van der Waals surface area contributed by atoms with Gasteiger partial charge in [0.25, 0.3) is 0 Å². The molecule has 3 heterocycles. The summed E-state index contributed by atoms with van der Waals surface area (Å²) in [5.41, 5.74) is 0.280. The van der Waals surface area contributed by atoms with Crippen LogP contribution in [0.1, 0.15) is 33.6 Å². The zero-order chi connectivity index (χ0) is 16.9. The van der Waals surface area contributed by atoms with Gasteiger partial charge < -0.3 is 14.6 Å². The van der Waals surface area contributed by atoms with Crippen LogP contribution < -0.4 is 4.90 Å². The maximum atomic E-state index is 12.5. The number of hydrogen-bond donors (Lipinski definition) is 1. The second kappa shape index (κ2) is 5.09. The van der Waals surface area contributed by atoms with Gasteiger partial charge >= 0.3 is 6.09 Å². The van der Waals surface area contributed by atoms with Crippen molar-refractivity contribution in [3.8, 4) is 0 Å². The number of ether oxygens (including phenoxy) is 1. The van der Waals surface area contributed by atoms with E-state index in [0.717, 1.165) is 42.8 Å². The van der Waals surface area contributed by atoms with E-state index in [1.54, 1.807) is 6.33 Å². The number of aromatic nitrogens is 3. The van der Waals surface area contributed by atoms with Gasteiger partial charge in [-0.1, -0.05) is 0 Å². The number of anilines is 1. The van der Waals surface area contributed by atoms with E-state index in [4.69, 9.17) is 4.74 Å². The minimum absolute atomic E-state index is 0.103. The monoisotopic (exact) mass is 329 g/mol. The van der Waals surface area contributed by atoms with Crippen molar-refractivity contribution < 1.29 is 9.53 Å². The number of carbonyl (C=O) groups is 1. The SMILES string of the molecule is CC(C)(C)OC(=O)N1CCN(c2ncnc3[nH]ccc23)CC12CC2. The Morgan fingerprint density at radius 3 is 2.79 bits per heavy atom. The molecule has 0 atom stereocenters. The highest BCUT2D eigenvalue weighted by Crippen LogP contribution is 2.45. The van der Waals surface area contributed by atoms with Crippen molar-refractivity contribution in [2.75, 3.05) is 24.5 Å². The molecule has 0 unspecified atom stereocenters. The number of piperazine rings is 1. The van der Waals surface area contributed by atoms with Crippen molar-refractivity contribution in [2.24, 2.45) is 0 Å². The van der Waals surface area contributed by atoms with Crippen LogP contribution in [-0.2, 0) is 4.74 Å². The molecule has 2 fully saturated rings. The second-order valence-corrected chi connectivity index (χ2v) is 7.72. The molecular weight excluding hydrogens is 306 g/mol. The fourth-order valence-electron chi connectivity index (χ4n) is 3.44. The van der Waals surface area contributed by atoms with E-state index in [2.05, 4.69) is 19.9 Å². The van der Waals surface area contributed by atoms with Crippen molar-refractivity contribution in [3.05, 3.63) is 18.6 Å². The minimum atomic E-state index is -0.464. The van der Waals surface area contributed by atoms with E-state index in [0.29, 0.717) is 6.54 Å². The average molecular weight is 329 g/mol. The largest absolute Gasteiger partial charge is 0.444 e. The summed E-state index contributed by atoms with van der Waals surface area (Å²) >= 11 is 0. The number of nitrogens with one attached hydrogen (secondary N) is 1. The van der Waals surface area contributed by atoms with Crippen molar-refractivity contribution in [2.45, 2.75) is 44.8 Å². The van der Waals surface area contributed by atoms with E-state index in [-0.39, 0.29) is 11.6 Å². The summed E-state index contributed by atoms with van der Waals surface area (Å²) in [6, 6.07) is 2.00. The molecule has 128 valence electrons. The van der Waals surface area contributed by atoms with Gasteiger partial charge in [-0.05, 0) is 39.7 Å². The van der Waals surface area contributed by atoms with Gasteiger partial charge in [-0.2, -0.15) is 0 Å². The van der Waals surface area contributed by atoms with Gasteiger partial charge in [-0.3, -0.25) is 4.90 Å². The lowest BCUT2D eigenvalue weighted by molar-refractivity contribution is 0.0106. The predicted molar refractivity (Wildman–Crippen MR) is 91.0 cm³/mol. The van der Waals surface area contributed by atoms with E-state index in [1.165, 1.54) is 0 Å². The maximum Gasteiger partial charge on any atom is 0.410 e. The fraction of sp³-hybridized carbons (Fsp3) is 0.588. The first kappa shape index (κ1) is 15.2. The third kappa shape index (κ3) is 2.57. The van der Waals surface area contributed by atoms with E-state index in [1.807, 2.05) is 37.9 Å². The zero-order valence-electron chi connectivity index (χ0n) is 14.4. The fourth-order valence-corrected chi connectivity index (χ4v) is 3.44. The molecule has 0 aromatic carbocycles. The van der Waals surface area contributed by atoms with Crippen LogP contribution in [0, 0.1) is 0 Å². The standard InChI is InChI=1S/C17H23N5O2/c1-16(2,3)24-15(23)22-9-8-21(10-17(22)5-6-17)14-12-4-7-18-13(12)19-11-20-14/h4,7,11H,5-6,8-10H2,1-3H3,(H,18,19,20). The highest BCUT2D eigenvalue weighted by molar-refractivity contribution is 5.87. The summed E-state index contributed by atoms with van der Waals surface area (Å²) in [6.45, 7) is 7.92. The number of hydrogen-bond acceptors (Lipinski definition) is 5. The molecule has 2 aromatic rings. The summed E-state index contributed by atoms with van der Waals surface area (Å²) in [7, 11) is 0. The predicted octanol–water partition coefficient (Wildman–Crippen LogP) is 2.55. The Morgan fingerprint density at radius 1 is 1.29 bits per heavy atom. The van der Waals surface area contributed by atoms with Crippen molar-refractivity contribution in [3.63, 3.8) is 0 Å². The quantitative estimate of drug-likeness (QED) is 0.870. The van der Waals surface area contributed by atoms with Gasteiger partial charge in [0.15, 0.2) is 0 Å². The molecule has 1 amide bonds. The van der Waals surface area contributed by atoms with Crippen LogP contribution >= 0.6 is 0 Å². The molecule has 7 nitrogen and oxygen atoms in total. The molecular formula is C17H23N5O2. The average Bonchev–Trinajstić information content (AvgIpc) is 3.09. The smallest absolute Gasteiger partial charge is 0.410 e. The molecule has 1 N–H and O–H groups in total. The number of rotatable bonds is 1. The Bertz CT molecular complexity index is 775. The zero-order valence-corrected chi connectivity index (χ0v) is 14.4. The molecule has 2 aliphatic rings. The Balaban J connectivity index is 1.56. The number of fused-ring (bicyclic) bond motifs is 1. The third-order valence-corrected chi connectivity index (χ3v) is 4.72. The van der Waals surface area contributed by atoms with Gasteiger partial charge in [0.2, 0.25) is 0 Å². The molecule has 1 aliphatic carbocycles. The first-order chi connectivity index (χ1) is 11.4. The third-order valence-electron chi connectivity index (χ3n) is 4.72. The summed E-state index contributed by atoms with van der Waals surface area (Å²) in [6.07, 6.45) is 5.31. The van der Waals surface area contributed by atoms with Crippen LogP contribution in [0.15, 0.2) is 18.6 Å². The van der Waals surface area contributed by atoms with Gasteiger partial charge in [-0.25, -0.2) is 14.8 Å². The highest BCUT2D eigenvalue weighted by atomic mass is 16.6. The van der Waals surface area contributed by atoms with Crippen LogP contribution in [0.2, 0.25) is 0 Å². The molecule has 1 spiro atoms. The van der Waals surface area contributed by atoms with E-state index >= 15 is 0 Å². The lowest BCUT2D eigenvalue weighted by Crippen LogP contribution is -2.58. The van der Waals surface area contributed by atoms with Crippen molar-refractivity contribution in [1.29, 1.82) is 0 Å². The van der Waals surface area contributed by atoms with Crippen LogP contribution in [0.3, 0.4) is 0 Å². The first-order valence-electron chi connectivity index (χ1n) is 8.42. The second-order valence-electron chi connectivity index (χ2n) is 7.72. The molecule has 4 rings (SSSR count). The highest BCUT2D eigenvalue weighted by Gasteiger charge is 2.54. The molecule has 24 heavy (non-hydrogen) atoms. The number of aromatic amines is 1. The number of amides is 1. The lowest BCUT2D eigenvalue weighted by Gasteiger charge is -2.42. The molecule has 1 aliphatic heterocycles. The molecule has 0 bridgehead atoms. The van der Waals surface area contributed by atoms with Gasteiger partial charge in [0.1, 0.15) is 23.4 Å². The Morgan fingerprint density at radius 2 is 2.08 bits per heavy atom. The summed E-state index contributed by atoms with van der Waals surface area (Å²) < 4.78 is 5.59. The van der Waals surface area contributed by atoms with Gasteiger partial charge in [-0.15, -0.1) is 0 Å². The normalized spacial score (nSPS) is 19.8. The number of H-pyrrole nitrogens is 1. The molecule has 7 heteroatoms. The summed E-state index contributed by atoms with van der Waals surface area (Å²) in [5.74, 6) is 0.941. The first-order valence-corrected chi connectivity index (χ1v) is 8.42. The minimum Gasteiger partial charge on any atom is -0.444 e. The number of nitrogens with zero attached hydrogens (tertiary/aromatic N) is 4. The van der Waals surface area contributed by atoms with E-state index < -0.39 is 5.60 Å². The topological polar surface area (TPSA) is 74.3 Å². The molecule has 2 aromatic heterocycles. The van der Waals surface area contributed by atoms with Crippen LogP contribution in [0.5, 0.6) is 0 Å². The van der Waals surface area contributed by atoms with Crippen LogP contribution in [0.25, 0.3) is 11.0 Å². The molecule has 1 saturated heterocycles. The molecule has 0 radical (unpaired) electrons. The van der Waals surface area contributed by atoms with Crippen LogP contribution in [-0.4, -0.2) is 56.7 Å². The maximum absolute atomic E-state index is 12.5. The number of carbonyl (C=O) groups excluding carboxylic acids is 1. The van der Waals surface area contributed by atoms with Crippen LogP contribution in [0.4, 0.5) is 10.6 Å². The van der Waals surface area contributed by atoms with E-state index in [9.17, 15) is 4.79 Å². The Kier molecular flexibility index (Phi) is 3.23. The summed E-state index contributed by atoms with van der Waals surface area (Å²) in [4.78, 5) is 28.6. The lowest BCUT2D eigenvalue weighted by atomic mass is 10.1. The Hall–Kier alpha value is -2.31. The van der Waals surface area contributed by atoms with Crippen molar-refractivity contribution in [1.82, 2.24) is 19.9 Å². The Labute approximate surface area is 141 Å².